The third kappa shape index (κ3) is 6.49. The summed E-state index contributed by atoms with van der Waals surface area (Å²) in [7, 11) is 1.93. The number of halogens is 1. The van der Waals surface area contributed by atoms with E-state index in [1.54, 1.807) is 0 Å². The van der Waals surface area contributed by atoms with E-state index in [9.17, 15) is 4.79 Å². The third-order valence-corrected chi connectivity index (χ3v) is 5.39. The summed E-state index contributed by atoms with van der Waals surface area (Å²) in [5.74, 6) is 1.08. The van der Waals surface area contributed by atoms with Crippen LogP contribution in [0.3, 0.4) is 0 Å². The maximum atomic E-state index is 12.6. The number of aliphatic imine (C=N–C) groups is 1. The molecule has 0 saturated carbocycles. The topological polar surface area (TPSA) is 65.8 Å². The first-order chi connectivity index (χ1) is 14.5. The SMILES string of the molecule is CCNC(=NCCCc1cnn(C)c1)N1CCN(C(=O)Cc2cccc(Cl)c2)CC1. The molecule has 1 aromatic carbocycles. The summed E-state index contributed by atoms with van der Waals surface area (Å²) in [5, 5.41) is 8.26. The van der Waals surface area contributed by atoms with E-state index in [1.165, 1.54) is 5.56 Å². The van der Waals surface area contributed by atoms with Crippen molar-refractivity contribution < 1.29 is 4.79 Å². The molecule has 0 atom stereocenters. The minimum Gasteiger partial charge on any atom is -0.357 e. The lowest BCUT2D eigenvalue weighted by Crippen LogP contribution is -2.54. The van der Waals surface area contributed by atoms with Crippen LogP contribution >= 0.6 is 11.6 Å². The van der Waals surface area contributed by atoms with Gasteiger partial charge in [0.25, 0.3) is 0 Å². The molecule has 0 aliphatic carbocycles. The molecule has 0 spiro atoms. The summed E-state index contributed by atoms with van der Waals surface area (Å²) in [6.45, 7) is 6.67. The Kier molecular flexibility index (Phi) is 8.13. The molecule has 1 aliphatic rings. The number of carbonyl (C=O) groups is 1. The first-order valence-corrected chi connectivity index (χ1v) is 11.0. The second-order valence-electron chi connectivity index (χ2n) is 7.54. The summed E-state index contributed by atoms with van der Waals surface area (Å²) >= 11 is 6.03. The summed E-state index contributed by atoms with van der Waals surface area (Å²) in [6, 6.07) is 7.52. The predicted octanol–water partition coefficient (Wildman–Crippen LogP) is 2.36. The van der Waals surface area contributed by atoms with Crippen LogP contribution in [0, 0.1) is 0 Å². The molecule has 3 rings (SSSR count). The highest BCUT2D eigenvalue weighted by Crippen LogP contribution is 2.13. The van der Waals surface area contributed by atoms with Gasteiger partial charge in [-0.3, -0.25) is 14.5 Å². The zero-order valence-electron chi connectivity index (χ0n) is 17.9. The Labute approximate surface area is 183 Å². The molecule has 0 bridgehead atoms. The molecule has 8 heteroatoms. The number of piperazine rings is 1. The maximum Gasteiger partial charge on any atom is 0.227 e. The molecule has 1 aliphatic heterocycles. The zero-order chi connectivity index (χ0) is 21.3. The minimum absolute atomic E-state index is 0.148. The number of hydrogen-bond donors (Lipinski definition) is 1. The van der Waals surface area contributed by atoms with Gasteiger partial charge >= 0.3 is 0 Å². The Morgan fingerprint density at radius 2 is 1.97 bits per heavy atom. The molecule has 1 aromatic heterocycles. The molecule has 1 amide bonds. The van der Waals surface area contributed by atoms with Crippen LogP contribution in [-0.4, -0.2) is 70.7 Å². The van der Waals surface area contributed by atoms with E-state index in [0.29, 0.717) is 24.5 Å². The third-order valence-electron chi connectivity index (χ3n) is 5.15. The molecule has 0 unspecified atom stereocenters. The van der Waals surface area contributed by atoms with E-state index in [-0.39, 0.29) is 5.91 Å². The number of hydrogen-bond acceptors (Lipinski definition) is 3. The normalized spacial score (nSPS) is 14.8. The van der Waals surface area contributed by atoms with E-state index >= 15 is 0 Å². The largest absolute Gasteiger partial charge is 0.357 e. The van der Waals surface area contributed by atoms with Gasteiger partial charge in [-0.1, -0.05) is 23.7 Å². The van der Waals surface area contributed by atoms with Gasteiger partial charge in [-0.25, -0.2) is 0 Å². The number of amides is 1. The van der Waals surface area contributed by atoms with Gasteiger partial charge in [-0.05, 0) is 43.0 Å². The van der Waals surface area contributed by atoms with Gasteiger partial charge in [0.05, 0.1) is 12.6 Å². The molecule has 162 valence electrons. The maximum absolute atomic E-state index is 12.6. The van der Waals surface area contributed by atoms with Crippen LogP contribution in [0.5, 0.6) is 0 Å². The number of benzene rings is 1. The van der Waals surface area contributed by atoms with Crippen LogP contribution in [0.4, 0.5) is 0 Å². The van der Waals surface area contributed by atoms with Crippen LogP contribution < -0.4 is 5.32 Å². The Morgan fingerprint density at radius 1 is 1.20 bits per heavy atom. The van der Waals surface area contributed by atoms with Crippen molar-refractivity contribution in [1.82, 2.24) is 24.9 Å². The van der Waals surface area contributed by atoms with Gasteiger partial charge in [0.1, 0.15) is 0 Å². The number of aryl methyl sites for hydroxylation is 2. The van der Waals surface area contributed by atoms with Crippen molar-refractivity contribution in [3.8, 4) is 0 Å². The van der Waals surface area contributed by atoms with Gasteiger partial charge in [0.15, 0.2) is 5.96 Å². The molecule has 30 heavy (non-hydrogen) atoms. The fourth-order valence-electron chi connectivity index (χ4n) is 3.60. The lowest BCUT2D eigenvalue weighted by atomic mass is 10.1. The van der Waals surface area contributed by atoms with Crippen LogP contribution in [0.1, 0.15) is 24.5 Å². The van der Waals surface area contributed by atoms with Crippen LogP contribution in [0.25, 0.3) is 0 Å². The Balaban J connectivity index is 1.47. The zero-order valence-corrected chi connectivity index (χ0v) is 18.6. The number of nitrogens with one attached hydrogen (secondary N) is 1. The average Bonchev–Trinajstić information content (AvgIpc) is 3.15. The van der Waals surface area contributed by atoms with E-state index in [0.717, 1.165) is 50.5 Å². The van der Waals surface area contributed by atoms with Gasteiger partial charge in [-0.2, -0.15) is 5.10 Å². The van der Waals surface area contributed by atoms with Crippen molar-refractivity contribution in [3.63, 3.8) is 0 Å². The summed E-state index contributed by atoms with van der Waals surface area (Å²) in [6.07, 6.45) is 6.31. The van der Waals surface area contributed by atoms with Gasteiger partial charge in [-0.15, -0.1) is 0 Å². The molecule has 2 aromatic rings. The fourth-order valence-corrected chi connectivity index (χ4v) is 3.81. The van der Waals surface area contributed by atoms with E-state index in [2.05, 4.69) is 28.4 Å². The first-order valence-electron chi connectivity index (χ1n) is 10.6. The standard InChI is InChI=1S/C22H31ClN6O/c1-3-24-22(25-9-5-7-19-16-26-27(2)17-19)29-12-10-28(11-13-29)21(30)15-18-6-4-8-20(23)14-18/h4,6,8,14,16-17H,3,5,7,9-13,15H2,1-2H3,(H,24,25). The second kappa shape index (κ2) is 11.0. The molecule has 1 saturated heterocycles. The van der Waals surface area contributed by atoms with Gasteiger partial charge < -0.3 is 15.1 Å². The van der Waals surface area contributed by atoms with E-state index in [4.69, 9.17) is 16.6 Å². The van der Waals surface area contributed by atoms with Gasteiger partial charge in [0.2, 0.25) is 5.91 Å². The van der Waals surface area contributed by atoms with E-state index < -0.39 is 0 Å². The highest BCUT2D eigenvalue weighted by atomic mass is 35.5. The Bertz CT molecular complexity index is 857. The highest BCUT2D eigenvalue weighted by molar-refractivity contribution is 6.30. The number of carbonyl (C=O) groups excluding carboxylic acids is 1. The highest BCUT2D eigenvalue weighted by Gasteiger charge is 2.23. The van der Waals surface area contributed by atoms with Crippen LogP contribution in [0.15, 0.2) is 41.7 Å². The lowest BCUT2D eigenvalue weighted by molar-refractivity contribution is -0.131. The van der Waals surface area contributed by atoms with Crippen LogP contribution in [-0.2, 0) is 24.7 Å². The molecule has 2 heterocycles. The van der Waals surface area contributed by atoms with Crippen molar-refractivity contribution in [2.45, 2.75) is 26.2 Å². The summed E-state index contributed by atoms with van der Waals surface area (Å²) < 4.78 is 1.83. The van der Waals surface area contributed by atoms with Crippen molar-refractivity contribution in [3.05, 3.63) is 52.8 Å². The molecule has 7 nitrogen and oxygen atoms in total. The van der Waals surface area contributed by atoms with Crippen LogP contribution in [0.2, 0.25) is 5.02 Å². The van der Waals surface area contributed by atoms with Crippen molar-refractivity contribution in [2.75, 3.05) is 39.3 Å². The number of aromatic nitrogens is 2. The molecule has 0 radical (unpaired) electrons. The molecule has 1 fully saturated rings. The minimum atomic E-state index is 0.148. The van der Waals surface area contributed by atoms with Crippen molar-refractivity contribution >= 4 is 23.5 Å². The quantitative estimate of drug-likeness (QED) is 0.416. The fraction of sp³-hybridized carbons (Fsp3) is 0.500. The smallest absolute Gasteiger partial charge is 0.227 e. The Hall–Kier alpha value is -2.54. The van der Waals surface area contributed by atoms with E-state index in [1.807, 2.05) is 47.1 Å². The Morgan fingerprint density at radius 3 is 2.63 bits per heavy atom. The molecule has 1 N–H and O–H groups in total. The number of nitrogens with zero attached hydrogens (tertiary/aromatic N) is 5. The number of rotatable bonds is 7. The second-order valence-corrected chi connectivity index (χ2v) is 7.97. The van der Waals surface area contributed by atoms with Crippen molar-refractivity contribution in [2.24, 2.45) is 12.0 Å². The molecular weight excluding hydrogens is 400 g/mol. The lowest BCUT2D eigenvalue weighted by Gasteiger charge is -2.36. The monoisotopic (exact) mass is 430 g/mol. The predicted molar refractivity (Wildman–Crippen MR) is 121 cm³/mol. The summed E-state index contributed by atoms with van der Waals surface area (Å²) in [4.78, 5) is 21.6. The van der Waals surface area contributed by atoms with Gasteiger partial charge in [0, 0.05) is 57.5 Å². The molecular formula is C22H31ClN6O. The average molecular weight is 431 g/mol. The van der Waals surface area contributed by atoms with Crippen molar-refractivity contribution in [1.29, 1.82) is 0 Å². The number of guanidine groups is 1. The summed E-state index contributed by atoms with van der Waals surface area (Å²) in [5.41, 5.74) is 2.20. The first kappa shape index (κ1) is 22.2.